The summed E-state index contributed by atoms with van der Waals surface area (Å²) in [5.41, 5.74) is -1.67. The molecule has 0 amide bonds. The Labute approximate surface area is 101 Å². The summed E-state index contributed by atoms with van der Waals surface area (Å²) in [5.74, 6) is 0. The van der Waals surface area contributed by atoms with Crippen molar-refractivity contribution in [1.82, 2.24) is 0 Å². The lowest BCUT2D eigenvalue weighted by Gasteiger charge is -2.09. The van der Waals surface area contributed by atoms with Crippen molar-refractivity contribution in [3.8, 4) is 0 Å². The minimum absolute atomic E-state index is 0.0857. The van der Waals surface area contributed by atoms with Crippen LogP contribution in [0.5, 0.6) is 0 Å². The molecule has 1 aromatic rings. The van der Waals surface area contributed by atoms with Gasteiger partial charge in [0.2, 0.25) is 0 Å². The molecule has 82 valence electrons. The quantitative estimate of drug-likeness (QED) is 0.365. The third-order valence-corrected chi connectivity index (χ3v) is 2.82. The van der Waals surface area contributed by atoms with Crippen LogP contribution in [0.25, 0.3) is 0 Å². The molecular formula is C7H3F3INO2S. The number of nitrogens with zero attached hydrogens (tertiary/aromatic N) is 1. The molecule has 0 fully saturated rings. The van der Waals surface area contributed by atoms with E-state index in [4.69, 9.17) is 0 Å². The van der Waals surface area contributed by atoms with Gasteiger partial charge in [-0.1, -0.05) is 0 Å². The number of hydrogen-bond acceptors (Lipinski definition) is 3. The molecule has 15 heavy (non-hydrogen) atoms. The van der Waals surface area contributed by atoms with Crippen LogP contribution in [0.2, 0.25) is 0 Å². The highest BCUT2D eigenvalue weighted by Gasteiger charge is 2.35. The highest BCUT2D eigenvalue weighted by atomic mass is 127. The predicted molar refractivity (Wildman–Crippen MR) is 58.1 cm³/mol. The van der Waals surface area contributed by atoms with Crippen LogP contribution in [0.3, 0.4) is 0 Å². The Balaban J connectivity index is 3.43. The van der Waals surface area contributed by atoms with Crippen molar-refractivity contribution >= 4 is 40.9 Å². The van der Waals surface area contributed by atoms with Crippen LogP contribution in [0.4, 0.5) is 18.9 Å². The fraction of sp³-hybridized carbons (Fsp3) is 0.143. The zero-order valence-electron chi connectivity index (χ0n) is 6.88. The molecule has 0 aromatic heterocycles. The van der Waals surface area contributed by atoms with Crippen molar-refractivity contribution < 1.29 is 18.1 Å². The number of hydrogen-bond donors (Lipinski definition) is 1. The fourth-order valence-corrected chi connectivity index (χ4v) is 2.21. The van der Waals surface area contributed by atoms with Gasteiger partial charge >= 0.3 is 6.18 Å². The first kappa shape index (κ1) is 12.6. The van der Waals surface area contributed by atoms with Crippen molar-refractivity contribution in [2.45, 2.75) is 11.1 Å². The Kier molecular flexibility index (Phi) is 3.48. The highest BCUT2D eigenvalue weighted by Crippen LogP contribution is 2.37. The average Bonchev–Trinajstić information content (AvgIpc) is 2.00. The Morgan fingerprint density at radius 2 is 1.93 bits per heavy atom. The van der Waals surface area contributed by atoms with Crippen molar-refractivity contribution in [3.05, 3.63) is 31.4 Å². The minimum atomic E-state index is -4.59. The first-order valence-electron chi connectivity index (χ1n) is 3.47. The molecule has 0 radical (unpaired) electrons. The maximum atomic E-state index is 12.4. The van der Waals surface area contributed by atoms with E-state index in [1.165, 1.54) is 22.6 Å². The van der Waals surface area contributed by atoms with E-state index in [0.29, 0.717) is 6.07 Å². The zero-order valence-corrected chi connectivity index (χ0v) is 9.93. The third kappa shape index (κ3) is 2.74. The second-order valence-electron chi connectivity index (χ2n) is 2.58. The standard InChI is InChI=1S/C7H3F3INO2S/c8-7(9,10)3-1-5(12(13)14)6(15)2-4(3)11/h1-2,15H. The topological polar surface area (TPSA) is 43.1 Å². The number of benzene rings is 1. The van der Waals surface area contributed by atoms with Gasteiger partial charge in [-0.3, -0.25) is 10.1 Å². The van der Waals surface area contributed by atoms with Crippen LogP contribution >= 0.6 is 35.2 Å². The number of nitro groups is 1. The van der Waals surface area contributed by atoms with E-state index in [9.17, 15) is 23.3 Å². The minimum Gasteiger partial charge on any atom is -0.258 e. The number of thiol groups is 1. The van der Waals surface area contributed by atoms with Gasteiger partial charge in [0.15, 0.2) is 0 Å². The molecule has 0 aliphatic rings. The molecule has 8 heteroatoms. The van der Waals surface area contributed by atoms with Crippen LogP contribution in [-0.4, -0.2) is 4.92 Å². The van der Waals surface area contributed by atoms with Crippen LogP contribution in [-0.2, 0) is 6.18 Å². The predicted octanol–water partition coefficient (Wildman–Crippen LogP) is 3.51. The highest BCUT2D eigenvalue weighted by molar-refractivity contribution is 14.1. The van der Waals surface area contributed by atoms with E-state index in [1.807, 2.05) is 0 Å². The molecule has 1 rings (SSSR count). The summed E-state index contributed by atoms with van der Waals surface area (Å²) in [6, 6.07) is 1.51. The van der Waals surface area contributed by atoms with Gasteiger partial charge in [0.25, 0.3) is 5.69 Å². The van der Waals surface area contributed by atoms with Gasteiger partial charge in [-0.05, 0) is 28.7 Å². The lowest BCUT2D eigenvalue weighted by atomic mass is 10.2. The average molecular weight is 349 g/mol. The maximum Gasteiger partial charge on any atom is 0.417 e. The molecule has 0 saturated carbocycles. The molecule has 0 heterocycles. The normalized spacial score (nSPS) is 11.5. The summed E-state index contributed by atoms with van der Waals surface area (Å²) in [7, 11) is 0. The molecule has 0 bridgehead atoms. The molecular weight excluding hydrogens is 346 g/mol. The number of alkyl halides is 3. The molecule has 0 unspecified atom stereocenters. The summed E-state index contributed by atoms with van der Waals surface area (Å²) in [6.45, 7) is 0. The van der Waals surface area contributed by atoms with Crippen molar-refractivity contribution in [1.29, 1.82) is 0 Å². The molecule has 0 spiro atoms. The summed E-state index contributed by atoms with van der Waals surface area (Å²) < 4.78 is 37.0. The molecule has 1 aromatic carbocycles. The summed E-state index contributed by atoms with van der Waals surface area (Å²) in [4.78, 5) is 9.42. The Morgan fingerprint density at radius 3 is 2.33 bits per heavy atom. The third-order valence-electron chi connectivity index (χ3n) is 1.57. The van der Waals surface area contributed by atoms with Gasteiger partial charge in [0.05, 0.1) is 15.4 Å². The van der Waals surface area contributed by atoms with Gasteiger partial charge in [-0.25, -0.2) is 0 Å². The summed E-state index contributed by atoms with van der Waals surface area (Å²) >= 11 is 5.20. The van der Waals surface area contributed by atoms with Gasteiger partial charge in [-0.2, -0.15) is 13.2 Å². The van der Waals surface area contributed by atoms with Crippen molar-refractivity contribution in [2.75, 3.05) is 0 Å². The second-order valence-corrected chi connectivity index (χ2v) is 4.22. The van der Waals surface area contributed by atoms with Crippen molar-refractivity contribution in [3.63, 3.8) is 0 Å². The van der Waals surface area contributed by atoms with Gasteiger partial charge in [0.1, 0.15) is 0 Å². The molecule has 0 aliphatic carbocycles. The van der Waals surface area contributed by atoms with E-state index in [2.05, 4.69) is 12.6 Å². The first-order valence-corrected chi connectivity index (χ1v) is 5.00. The van der Waals surface area contributed by atoms with Gasteiger partial charge < -0.3 is 0 Å². The Morgan fingerprint density at radius 1 is 1.40 bits per heavy atom. The molecule has 0 saturated heterocycles. The fourth-order valence-electron chi connectivity index (χ4n) is 0.915. The summed E-state index contributed by atoms with van der Waals surface area (Å²) in [6.07, 6.45) is -4.59. The van der Waals surface area contributed by atoms with Crippen LogP contribution in [0.15, 0.2) is 17.0 Å². The lowest BCUT2D eigenvalue weighted by Crippen LogP contribution is -2.08. The Hall–Kier alpha value is -0.510. The van der Waals surface area contributed by atoms with Crippen LogP contribution < -0.4 is 0 Å². The number of halogens is 4. The second kappa shape index (κ2) is 4.16. The number of nitro benzene ring substituents is 1. The van der Waals surface area contributed by atoms with Gasteiger partial charge in [-0.15, -0.1) is 12.6 Å². The summed E-state index contributed by atoms with van der Waals surface area (Å²) in [5, 5.41) is 10.4. The first-order chi connectivity index (χ1) is 6.73. The molecule has 3 nitrogen and oxygen atoms in total. The van der Waals surface area contributed by atoms with E-state index in [0.717, 1.165) is 6.07 Å². The smallest absolute Gasteiger partial charge is 0.258 e. The van der Waals surface area contributed by atoms with E-state index < -0.39 is 22.4 Å². The van der Waals surface area contributed by atoms with Crippen LogP contribution in [0.1, 0.15) is 5.56 Å². The SMILES string of the molecule is O=[N+]([O-])c1cc(C(F)(F)F)c(I)cc1S. The number of rotatable bonds is 1. The zero-order chi connectivity index (χ0) is 11.8. The monoisotopic (exact) mass is 349 g/mol. The maximum absolute atomic E-state index is 12.4. The van der Waals surface area contributed by atoms with Gasteiger partial charge in [0, 0.05) is 9.64 Å². The molecule has 0 atom stereocenters. The largest absolute Gasteiger partial charge is 0.417 e. The van der Waals surface area contributed by atoms with Crippen LogP contribution in [0, 0.1) is 13.7 Å². The Bertz CT molecular complexity index is 421. The van der Waals surface area contributed by atoms with Crippen molar-refractivity contribution in [2.24, 2.45) is 0 Å². The van der Waals surface area contributed by atoms with E-state index >= 15 is 0 Å². The molecule has 0 N–H and O–H groups in total. The lowest BCUT2D eigenvalue weighted by molar-refractivity contribution is -0.388. The van der Waals surface area contributed by atoms with E-state index in [1.54, 1.807) is 0 Å². The van der Waals surface area contributed by atoms with E-state index in [-0.39, 0.29) is 8.47 Å². The molecule has 0 aliphatic heterocycles.